The predicted octanol–water partition coefficient (Wildman–Crippen LogP) is 5.65. The van der Waals surface area contributed by atoms with Gasteiger partial charge in [-0.25, -0.2) is 4.98 Å². The van der Waals surface area contributed by atoms with E-state index in [1.807, 2.05) is 47.4 Å². The monoisotopic (exact) mass is 469 g/mol. The third-order valence-corrected chi connectivity index (χ3v) is 6.73. The summed E-state index contributed by atoms with van der Waals surface area (Å²) in [6, 6.07) is 22.1. The summed E-state index contributed by atoms with van der Waals surface area (Å²) in [6.07, 6.45) is 1.28. The molecule has 6 heteroatoms. The number of ether oxygens (including phenoxy) is 2. The van der Waals surface area contributed by atoms with Gasteiger partial charge in [-0.1, -0.05) is 42.5 Å². The molecular formula is C29H31N3O3. The summed E-state index contributed by atoms with van der Waals surface area (Å²) < 4.78 is 13.9. The summed E-state index contributed by atoms with van der Waals surface area (Å²) in [5.41, 5.74) is 5.17. The Labute approximate surface area is 206 Å². The fraction of sp³-hybridized carbons (Fsp3) is 0.310. The number of amides is 1. The Bertz CT molecular complexity index is 1340. The molecule has 6 nitrogen and oxygen atoms in total. The van der Waals surface area contributed by atoms with Gasteiger partial charge in [0.1, 0.15) is 17.3 Å². The van der Waals surface area contributed by atoms with Crippen LogP contribution in [0.2, 0.25) is 0 Å². The van der Waals surface area contributed by atoms with Crippen molar-refractivity contribution < 1.29 is 14.3 Å². The number of fused-ring (bicyclic) bond motifs is 1. The molecule has 180 valence electrons. The van der Waals surface area contributed by atoms with Gasteiger partial charge in [-0.2, -0.15) is 0 Å². The highest BCUT2D eigenvalue weighted by molar-refractivity contribution is 5.97. The van der Waals surface area contributed by atoms with Crippen molar-refractivity contribution in [2.75, 3.05) is 25.2 Å². The minimum Gasteiger partial charge on any atom is -0.495 e. The van der Waals surface area contributed by atoms with Crippen LogP contribution < -0.4 is 14.4 Å². The number of hydrogen-bond acceptors (Lipinski definition) is 4. The first-order valence-corrected chi connectivity index (χ1v) is 12.1. The van der Waals surface area contributed by atoms with Crippen LogP contribution in [0.5, 0.6) is 11.5 Å². The van der Waals surface area contributed by atoms with E-state index in [0.717, 1.165) is 52.4 Å². The molecule has 2 heterocycles. The summed E-state index contributed by atoms with van der Waals surface area (Å²) in [6.45, 7) is 6.14. The molecule has 0 N–H and O–H groups in total. The molecule has 0 bridgehead atoms. The highest BCUT2D eigenvalue weighted by atomic mass is 16.5. The van der Waals surface area contributed by atoms with Crippen LogP contribution in [0.3, 0.4) is 0 Å². The Kier molecular flexibility index (Phi) is 6.45. The normalized spacial score (nSPS) is 15.7. The Balaban J connectivity index is 1.37. The van der Waals surface area contributed by atoms with Crippen LogP contribution in [0.1, 0.15) is 35.7 Å². The smallest absolute Gasteiger partial charge is 0.227 e. The first kappa shape index (κ1) is 23.0. The number of methoxy groups -OCH3 is 1. The zero-order valence-electron chi connectivity index (χ0n) is 20.5. The van der Waals surface area contributed by atoms with E-state index < -0.39 is 0 Å². The summed E-state index contributed by atoms with van der Waals surface area (Å²) >= 11 is 0. The first-order chi connectivity index (χ1) is 17.1. The Morgan fingerprint density at radius 1 is 0.971 bits per heavy atom. The van der Waals surface area contributed by atoms with Gasteiger partial charge in [0.2, 0.25) is 5.91 Å². The average molecular weight is 470 g/mol. The number of nitrogens with zero attached hydrogens (tertiary/aromatic N) is 3. The standard InChI is InChI=1S/C29H31N3O3/c1-20-10-8-11-21(2)28(20)35-17-9-16-31-24-13-5-4-12-23(24)30-29(31)22-18-27(33)32(19-22)25-14-6-7-15-26(25)34-3/h4-8,10-15,22H,9,16-19H2,1-3H3/t22-/m0/s1. The number of rotatable bonds is 8. The van der Waals surface area contributed by atoms with Crippen molar-refractivity contribution in [3.63, 3.8) is 0 Å². The number of para-hydroxylation sites is 5. The molecule has 1 atom stereocenters. The van der Waals surface area contributed by atoms with E-state index in [9.17, 15) is 4.79 Å². The third kappa shape index (κ3) is 4.48. The summed E-state index contributed by atoms with van der Waals surface area (Å²) in [5, 5.41) is 0. The Morgan fingerprint density at radius 3 is 2.51 bits per heavy atom. The molecule has 1 fully saturated rings. The van der Waals surface area contributed by atoms with Crippen LogP contribution in [-0.4, -0.2) is 35.7 Å². The number of carbonyl (C=O) groups excluding carboxylic acids is 1. The highest BCUT2D eigenvalue weighted by Crippen LogP contribution is 2.37. The van der Waals surface area contributed by atoms with Gasteiger partial charge in [0.15, 0.2) is 0 Å². The lowest BCUT2D eigenvalue weighted by atomic mass is 10.1. The van der Waals surface area contributed by atoms with Gasteiger partial charge in [0, 0.05) is 25.4 Å². The van der Waals surface area contributed by atoms with Gasteiger partial charge in [0.05, 0.1) is 30.4 Å². The molecule has 1 aliphatic rings. The minimum atomic E-state index is 0.0133. The van der Waals surface area contributed by atoms with Crippen LogP contribution in [-0.2, 0) is 11.3 Å². The van der Waals surface area contributed by atoms with Gasteiger partial charge in [0.25, 0.3) is 0 Å². The van der Waals surface area contributed by atoms with Crippen LogP contribution in [0.15, 0.2) is 66.7 Å². The second kappa shape index (κ2) is 9.82. The Hall–Kier alpha value is -3.80. The molecule has 1 aromatic heterocycles. The third-order valence-electron chi connectivity index (χ3n) is 6.73. The van der Waals surface area contributed by atoms with Gasteiger partial charge >= 0.3 is 0 Å². The number of benzene rings is 3. The zero-order chi connectivity index (χ0) is 24.4. The number of anilines is 1. The molecule has 3 aromatic carbocycles. The zero-order valence-corrected chi connectivity index (χ0v) is 20.5. The Morgan fingerprint density at radius 2 is 1.71 bits per heavy atom. The second-order valence-corrected chi connectivity index (χ2v) is 9.11. The van der Waals surface area contributed by atoms with Crippen molar-refractivity contribution in [2.45, 2.75) is 39.2 Å². The fourth-order valence-electron chi connectivity index (χ4n) is 5.03. The van der Waals surface area contributed by atoms with E-state index in [4.69, 9.17) is 14.5 Å². The van der Waals surface area contributed by atoms with Gasteiger partial charge in [-0.15, -0.1) is 0 Å². The van der Waals surface area contributed by atoms with Crippen molar-refractivity contribution in [1.82, 2.24) is 9.55 Å². The molecule has 1 saturated heterocycles. The van der Waals surface area contributed by atoms with Crippen molar-refractivity contribution in [2.24, 2.45) is 0 Å². The second-order valence-electron chi connectivity index (χ2n) is 9.11. The van der Waals surface area contributed by atoms with Crippen LogP contribution in [0.25, 0.3) is 11.0 Å². The average Bonchev–Trinajstić information content (AvgIpc) is 3.43. The molecule has 0 aliphatic carbocycles. The molecule has 1 aliphatic heterocycles. The van der Waals surface area contributed by atoms with Gasteiger partial charge in [-0.3, -0.25) is 4.79 Å². The SMILES string of the molecule is COc1ccccc1N1C[C@@H](c2nc3ccccc3n2CCCOc2c(C)cccc2C)CC1=O. The maximum Gasteiger partial charge on any atom is 0.227 e. The van der Waals surface area contributed by atoms with Gasteiger partial charge < -0.3 is 18.9 Å². The predicted molar refractivity (Wildman–Crippen MR) is 138 cm³/mol. The van der Waals surface area contributed by atoms with E-state index in [2.05, 4.69) is 42.7 Å². The lowest BCUT2D eigenvalue weighted by Gasteiger charge is -2.20. The van der Waals surface area contributed by atoms with Gasteiger partial charge in [-0.05, 0) is 55.7 Å². The van der Waals surface area contributed by atoms with E-state index in [1.165, 1.54) is 0 Å². The molecule has 5 rings (SSSR count). The molecule has 0 saturated carbocycles. The fourth-order valence-corrected chi connectivity index (χ4v) is 5.03. The van der Waals surface area contributed by atoms with E-state index in [0.29, 0.717) is 25.3 Å². The van der Waals surface area contributed by atoms with Crippen molar-refractivity contribution in [3.05, 3.63) is 83.7 Å². The van der Waals surface area contributed by atoms with Crippen molar-refractivity contribution in [1.29, 1.82) is 0 Å². The van der Waals surface area contributed by atoms with Crippen molar-refractivity contribution in [3.8, 4) is 11.5 Å². The molecule has 4 aromatic rings. The largest absolute Gasteiger partial charge is 0.495 e. The summed E-state index contributed by atoms with van der Waals surface area (Å²) in [4.78, 5) is 19.9. The molecule has 35 heavy (non-hydrogen) atoms. The molecule has 0 radical (unpaired) electrons. The lowest BCUT2D eigenvalue weighted by Crippen LogP contribution is -2.25. The lowest BCUT2D eigenvalue weighted by molar-refractivity contribution is -0.117. The van der Waals surface area contributed by atoms with Crippen molar-refractivity contribution >= 4 is 22.6 Å². The quantitative estimate of drug-likeness (QED) is 0.313. The first-order valence-electron chi connectivity index (χ1n) is 12.1. The highest BCUT2D eigenvalue weighted by Gasteiger charge is 2.35. The minimum absolute atomic E-state index is 0.0133. The molecule has 0 unspecified atom stereocenters. The maximum atomic E-state index is 13.0. The number of hydrogen-bond donors (Lipinski definition) is 0. The van der Waals surface area contributed by atoms with E-state index in [-0.39, 0.29) is 11.8 Å². The van der Waals surface area contributed by atoms with E-state index >= 15 is 0 Å². The van der Waals surface area contributed by atoms with Crippen LogP contribution in [0.4, 0.5) is 5.69 Å². The van der Waals surface area contributed by atoms with E-state index in [1.54, 1.807) is 7.11 Å². The van der Waals surface area contributed by atoms with Crippen LogP contribution >= 0.6 is 0 Å². The van der Waals surface area contributed by atoms with Crippen LogP contribution in [0, 0.1) is 13.8 Å². The molecular weight excluding hydrogens is 438 g/mol. The molecule has 1 amide bonds. The summed E-state index contributed by atoms with van der Waals surface area (Å²) in [5.74, 6) is 2.75. The number of carbonyl (C=O) groups is 1. The topological polar surface area (TPSA) is 56.6 Å². The number of imidazole rings is 1. The number of aromatic nitrogens is 2. The summed E-state index contributed by atoms with van der Waals surface area (Å²) in [7, 11) is 1.64. The number of aryl methyl sites for hydroxylation is 3. The maximum absolute atomic E-state index is 13.0. The molecule has 0 spiro atoms.